The van der Waals surface area contributed by atoms with Gasteiger partial charge < -0.3 is 14.7 Å². The van der Waals surface area contributed by atoms with Gasteiger partial charge in [0.25, 0.3) is 0 Å². The first-order chi connectivity index (χ1) is 15.8. The van der Waals surface area contributed by atoms with Crippen molar-refractivity contribution in [3.63, 3.8) is 0 Å². The fourth-order valence-corrected chi connectivity index (χ4v) is 6.02. The van der Waals surface area contributed by atoms with E-state index in [1.54, 1.807) is 24.3 Å². The molecule has 2 aromatic rings. The number of hydrogen-bond donors (Lipinski definition) is 1. The first-order valence-electron chi connectivity index (χ1n) is 11.5. The Morgan fingerprint density at radius 1 is 1.12 bits per heavy atom. The number of para-hydroxylation sites is 1. The van der Waals surface area contributed by atoms with Crippen LogP contribution in [0.2, 0.25) is 0 Å². The highest BCUT2D eigenvalue weighted by Gasteiger charge is 2.33. The number of aldehydes is 1. The summed E-state index contributed by atoms with van der Waals surface area (Å²) in [6, 6.07) is 15.0. The molecule has 0 aliphatic carbocycles. The summed E-state index contributed by atoms with van der Waals surface area (Å²) >= 11 is 0. The van der Waals surface area contributed by atoms with Crippen molar-refractivity contribution in [2.45, 2.75) is 39.0 Å². The number of anilines is 1. The monoisotopic (exact) mass is 474 g/mol. The van der Waals surface area contributed by atoms with Crippen LogP contribution in [-0.4, -0.2) is 74.6 Å². The van der Waals surface area contributed by atoms with E-state index in [9.17, 15) is 18.3 Å². The van der Waals surface area contributed by atoms with Crippen LogP contribution in [0.5, 0.6) is 5.75 Å². The molecule has 0 amide bonds. The summed E-state index contributed by atoms with van der Waals surface area (Å²) in [5.74, 6) is 0.703. The maximum atomic E-state index is 12.1. The van der Waals surface area contributed by atoms with Crippen LogP contribution >= 0.6 is 0 Å². The minimum atomic E-state index is -3.06. The molecule has 7 nitrogen and oxygen atoms in total. The van der Waals surface area contributed by atoms with E-state index in [2.05, 4.69) is 43.0 Å². The number of rotatable bonds is 12. The number of carbonyl (C=O) groups is 1. The van der Waals surface area contributed by atoms with E-state index in [-0.39, 0.29) is 30.7 Å². The van der Waals surface area contributed by atoms with E-state index < -0.39 is 15.9 Å². The number of aliphatic hydroxyl groups is 1. The van der Waals surface area contributed by atoms with E-state index in [0.29, 0.717) is 24.3 Å². The molecule has 180 valence electrons. The number of carbonyl (C=O) groups excluding carboxylic acids is 1. The molecule has 1 aliphatic heterocycles. The molecule has 33 heavy (non-hydrogen) atoms. The largest absolute Gasteiger partial charge is 0.490 e. The highest BCUT2D eigenvalue weighted by Crippen LogP contribution is 2.23. The highest BCUT2D eigenvalue weighted by molar-refractivity contribution is 7.91. The predicted molar refractivity (Wildman–Crippen MR) is 131 cm³/mol. The summed E-state index contributed by atoms with van der Waals surface area (Å²) in [7, 11) is -3.06. The second-order valence-corrected chi connectivity index (χ2v) is 10.7. The van der Waals surface area contributed by atoms with Crippen LogP contribution in [0.25, 0.3) is 0 Å². The van der Waals surface area contributed by atoms with Crippen molar-refractivity contribution in [1.82, 2.24) is 4.90 Å². The Bertz CT molecular complexity index is 1010. The summed E-state index contributed by atoms with van der Waals surface area (Å²) in [4.78, 5) is 15.5. The zero-order chi connectivity index (χ0) is 23.8. The Kier molecular flexibility index (Phi) is 8.88. The normalized spacial score (nSPS) is 18.2. The SMILES string of the molecule is CCN(CC)c1ccc(CN(CC(O)COc2ccccc2C=O)C2CCS(=O)(=O)C2)cc1. The fraction of sp³-hybridized carbons (Fsp3) is 0.480. The lowest BCUT2D eigenvalue weighted by atomic mass is 10.1. The average Bonchev–Trinajstić information content (AvgIpc) is 3.19. The number of ether oxygens (including phenoxy) is 1. The lowest BCUT2D eigenvalue weighted by Gasteiger charge is -2.30. The van der Waals surface area contributed by atoms with Gasteiger partial charge in [-0.15, -0.1) is 0 Å². The number of benzene rings is 2. The molecule has 2 atom stereocenters. The molecule has 1 fully saturated rings. The molecule has 1 N–H and O–H groups in total. The quantitative estimate of drug-likeness (QED) is 0.473. The molecular weight excluding hydrogens is 440 g/mol. The van der Waals surface area contributed by atoms with Gasteiger partial charge in [-0.25, -0.2) is 8.42 Å². The van der Waals surface area contributed by atoms with Crippen molar-refractivity contribution in [2.24, 2.45) is 0 Å². The molecule has 0 spiro atoms. The summed E-state index contributed by atoms with van der Waals surface area (Å²) in [6.07, 6.45) is 0.448. The van der Waals surface area contributed by atoms with Gasteiger partial charge in [-0.2, -0.15) is 0 Å². The number of nitrogens with zero attached hydrogens (tertiary/aromatic N) is 2. The number of hydrogen-bond acceptors (Lipinski definition) is 7. The second kappa shape index (κ2) is 11.6. The van der Waals surface area contributed by atoms with Crippen molar-refractivity contribution in [3.05, 3.63) is 59.7 Å². The highest BCUT2D eigenvalue weighted by atomic mass is 32.2. The smallest absolute Gasteiger partial charge is 0.153 e. The van der Waals surface area contributed by atoms with Gasteiger partial charge in [-0.05, 0) is 50.1 Å². The Morgan fingerprint density at radius 2 is 1.82 bits per heavy atom. The molecule has 1 aliphatic rings. The summed E-state index contributed by atoms with van der Waals surface area (Å²) < 4.78 is 29.9. The summed E-state index contributed by atoms with van der Waals surface area (Å²) in [5, 5.41) is 10.7. The molecule has 8 heteroatoms. The van der Waals surface area contributed by atoms with Crippen molar-refractivity contribution in [2.75, 3.05) is 42.6 Å². The van der Waals surface area contributed by atoms with Crippen molar-refractivity contribution >= 4 is 21.8 Å². The second-order valence-electron chi connectivity index (χ2n) is 8.45. The van der Waals surface area contributed by atoms with Gasteiger partial charge >= 0.3 is 0 Å². The van der Waals surface area contributed by atoms with Crippen molar-refractivity contribution in [1.29, 1.82) is 0 Å². The van der Waals surface area contributed by atoms with Crippen LogP contribution in [0, 0.1) is 0 Å². The fourth-order valence-electron chi connectivity index (χ4n) is 4.26. The Balaban J connectivity index is 1.68. The molecule has 2 unspecified atom stereocenters. The lowest BCUT2D eigenvalue weighted by Crippen LogP contribution is -2.42. The first-order valence-corrected chi connectivity index (χ1v) is 13.3. The Labute approximate surface area is 196 Å². The molecule has 1 heterocycles. The Morgan fingerprint density at radius 3 is 2.42 bits per heavy atom. The third-order valence-corrected chi connectivity index (χ3v) is 7.85. The van der Waals surface area contributed by atoms with Gasteiger partial charge in [-0.3, -0.25) is 9.69 Å². The summed E-state index contributed by atoms with van der Waals surface area (Å²) in [5.41, 5.74) is 2.65. The predicted octanol–water partition coefficient (Wildman–Crippen LogP) is 2.77. The molecule has 3 rings (SSSR count). The van der Waals surface area contributed by atoms with E-state index in [1.807, 2.05) is 4.90 Å². The molecule has 0 aromatic heterocycles. The van der Waals surface area contributed by atoms with Gasteiger partial charge in [0.15, 0.2) is 16.1 Å². The average molecular weight is 475 g/mol. The minimum absolute atomic E-state index is 0.0156. The van der Waals surface area contributed by atoms with Crippen molar-refractivity contribution in [3.8, 4) is 5.75 Å². The van der Waals surface area contributed by atoms with Gasteiger partial charge in [-0.1, -0.05) is 24.3 Å². The van der Waals surface area contributed by atoms with Crippen LogP contribution < -0.4 is 9.64 Å². The topological polar surface area (TPSA) is 87.2 Å². The van der Waals surface area contributed by atoms with Crippen LogP contribution in [0.15, 0.2) is 48.5 Å². The molecule has 0 radical (unpaired) electrons. The molecule has 0 saturated carbocycles. The zero-order valence-electron chi connectivity index (χ0n) is 19.4. The standard InChI is InChI=1S/C25H34N2O5S/c1-3-26(4-2)22-11-9-20(10-12-22)15-27(23-13-14-33(30,31)19-23)16-24(29)18-32-25-8-6-5-7-21(25)17-28/h5-12,17,23-24,29H,3-4,13-16,18-19H2,1-2H3. The maximum Gasteiger partial charge on any atom is 0.153 e. The Hall–Kier alpha value is -2.42. The summed E-state index contributed by atoms with van der Waals surface area (Å²) in [6.45, 7) is 6.94. The van der Waals surface area contributed by atoms with E-state index in [0.717, 1.165) is 30.6 Å². The van der Waals surface area contributed by atoms with Gasteiger partial charge in [0, 0.05) is 37.9 Å². The van der Waals surface area contributed by atoms with Crippen LogP contribution in [0.1, 0.15) is 36.2 Å². The third-order valence-electron chi connectivity index (χ3n) is 6.10. The van der Waals surface area contributed by atoms with Crippen LogP contribution in [-0.2, 0) is 16.4 Å². The van der Waals surface area contributed by atoms with Crippen LogP contribution in [0.4, 0.5) is 5.69 Å². The molecule has 0 bridgehead atoms. The van der Waals surface area contributed by atoms with E-state index >= 15 is 0 Å². The number of aliphatic hydroxyl groups excluding tert-OH is 1. The molecule has 2 aromatic carbocycles. The lowest BCUT2D eigenvalue weighted by molar-refractivity contribution is 0.0522. The van der Waals surface area contributed by atoms with E-state index in [4.69, 9.17) is 4.74 Å². The first kappa shape index (κ1) is 25.2. The molecule has 1 saturated heterocycles. The van der Waals surface area contributed by atoms with E-state index in [1.165, 1.54) is 0 Å². The zero-order valence-corrected chi connectivity index (χ0v) is 20.2. The maximum absolute atomic E-state index is 12.1. The number of sulfone groups is 1. The van der Waals surface area contributed by atoms with Crippen molar-refractivity contribution < 1.29 is 23.1 Å². The minimum Gasteiger partial charge on any atom is -0.490 e. The van der Waals surface area contributed by atoms with Gasteiger partial charge in [0.1, 0.15) is 18.5 Å². The van der Waals surface area contributed by atoms with Gasteiger partial charge in [0.05, 0.1) is 17.1 Å². The third kappa shape index (κ3) is 7.03. The molecular formula is C25H34N2O5S. The van der Waals surface area contributed by atoms with Gasteiger partial charge in [0.2, 0.25) is 0 Å². The van der Waals surface area contributed by atoms with Crippen LogP contribution in [0.3, 0.4) is 0 Å².